The number of aliphatic hydroxyl groups is 1. The smallest absolute Gasteiger partial charge is 0.0440 e. The maximum Gasteiger partial charge on any atom is 0.0440 e. The summed E-state index contributed by atoms with van der Waals surface area (Å²) >= 11 is 0. The van der Waals surface area contributed by atoms with Gasteiger partial charge >= 0.3 is 0 Å². The van der Waals surface area contributed by atoms with E-state index in [0.717, 1.165) is 19.3 Å². The Balaban J connectivity index is 2.39. The quantitative estimate of drug-likeness (QED) is 0.754. The largest absolute Gasteiger partial charge is 0.396 e. The molecule has 0 aliphatic heterocycles. The highest BCUT2D eigenvalue weighted by molar-refractivity contribution is 5.39. The lowest BCUT2D eigenvalue weighted by Crippen LogP contribution is -2.33. The fourth-order valence-corrected chi connectivity index (χ4v) is 2.55. The van der Waals surface area contributed by atoms with Crippen molar-refractivity contribution in [1.82, 2.24) is 0 Å². The van der Waals surface area contributed by atoms with Crippen LogP contribution in [0.3, 0.4) is 0 Å². The average molecular weight is 191 g/mol. The van der Waals surface area contributed by atoms with Gasteiger partial charge in [0.2, 0.25) is 0 Å². The van der Waals surface area contributed by atoms with Crippen molar-refractivity contribution in [3.63, 3.8) is 0 Å². The topological polar surface area (TPSA) is 46.2 Å². The minimum Gasteiger partial charge on any atom is -0.396 e. The maximum absolute atomic E-state index is 9.09. The molecule has 0 saturated heterocycles. The summed E-state index contributed by atoms with van der Waals surface area (Å²) in [6.45, 7) is 0.871. The molecule has 0 spiro atoms. The van der Waals surface area contributed by atoms with Crippen LogP contribution in [0, 0.1) is 0 Å². The van der Waals surface area contributed by atoms with Crippen LogP contribution in [0.25, 0.3) is 0 Å². The van der Waals surface area contributed by atoms with Gasteiger partial charge in [-0.3, -0.25) is 0 Å². The van der Waals surface area contributed by atoms with E-state index in [1.807, 2.05) is 0 Å². The second-order valence-electron chi connectivity index (χ2n) is 4.12. The molecule has 2 rings (SSSR count). The molecule has 1 aromatic rings. The van der Waals surface area contributed by atoms with E-state index in [1.165, 1.54) is 11.1 Å². The molecule has 1 unspecified atom stereocenters. The van der Waals surface area contributed by atoms with Gasteiger partial charge in [-0.15, -0.1) is 0 Å². The molecule has 76 valence electrons. The summed E-state index contributed by atoms with van der Waals surface area (Å²) in [4.78, 5) is 0. The van der Waals surface area contributed by atoms with Gasteiger partial charge in [-0.2, -0.15) is 0 Å². The molecular weight excluding hydrogens is 174 g/mol. The van der Waals surface area contributed by atoms with Gasteiger partial charge in [0.1, 0.15) is 0 Å². The Morgan fingerprint density at radius 1 is 1.36 bits per heavy atom. The summed E-state index contributed by atoms with van der Waals surface area (Å²) < 4.78 is 0. The molecule has 1 aliphatic rings. The Hall–Kier alpha value is -0.860. The predicted molar refractivity (Wildman–Crippen MR) is 57.2 cm³/mol. The summed E-state index contributed by atoms with van der Waals surface area (Å²) in [6, 6.07) is 8.46. The fraction of sp³-hybridized carbons (Fsp3) is 0.500. The standard InChI is InChI=1S/C12H17NO/c13-9-12(7-8-14)6-5-10-3-1-2-4-11(10)12/h1-4,14H,5-9,13H2. The first kappa shape index (κ1) is 9.69. The molecule has 0 saturated carbocycles. The van der Waals surface area contributed by atoms with Gasteiger partial charge in [-0.1, -0.05) is 24.3 Å². The summed E-state index contributed by atoms with van der Waals surface area (Å²) in [5.74, 6) is 0. The van der Waals surface area contributed by atoms with E-state index in [9.17, 15) is 0 Å². The van der Waals surface area contributed by atoms with Crippen molar-refractivity contribution in [1.29, 1.82) is 0 Å². The number of aryl methyl sites for hydroxylation is 1. The van der Waals surface area contributed by atoms with E-state index in [1.54, 1.807) is 0 Å². The molecule has 2 heteroatoms. The van der Waals surface area contributed by atoms with E-state index in [2.05, 4.69) is 24.3 Å². The summed E-state index contributed by atoms with van der Waals surface area (Å²) in [6.07, 6.45) is 2.98. The number of nitrogens with two attached hydrogens (primary N) is 1. The Morgan fingerprint density at radius 3 is 2.86 bits per heavy atom. The fourth-order valence-electron chi connectivity index (χ4n) is 2.55. The maximum atomic E-state index is 9.09. The van der Waals surface area contributed by atoms with Gasteiger partial charge in [-0.05, 0) is 30.4 Å². The lowest BCUT2D eigenvalue weighted by atomic mass is 9.79. The third-order valence-electron chi connectivity index (χ3n) is 3.44. The number of hydrogen-bond acceptors (Lipinski definition) is 2. The van der Waals surface area contributed by atoms with E-state index < -0.39 is 0 Å². The summed E-state index contributed by atoms with van der Waals surface area (Å²) in [7, 11) is 0. The Morgan fingerprint density at radius 2 is 2.14 bits per heavy atom. The normalized spacial score (nSPS) is 25.0. The second kappa shape index (κ2) is 3.71. The van der Waals surface area contributed by atoms with E-state index in [0.29, 0.717) is 6.54 Å². The van der Waals surface area contributed by atoms with Gasteiger partial charge in [-0.25, -0.2) is 0 Å². The predicted octanol–water partition coefficient (Wildman–Crippen LogP) is 1.21. The van der Waals surface area contributed by atoms with Crippen molar-refractivity contribution in [3.05, 3.63) is 35.4 Å². The number of benzene rings is 1. The highest BCUT2D eigenvalue weighted by Crippen LogP contribution is 2.40. The molecule has 2 nitrogen and oxygen atoms in total. The Bertz CT molecular complexity index is 320. The van der Waals surface area contributed by atoms with E-state index >= 15 is 0 Å². The Labute approximate surface area is 84.7 Å². The van der Waals surface area contributed by atoms with Crippen molar-refractivity contribution < 1.29 is 5.11 Å². The van der Waals surface area contributed by atoms with Gasteiger partial charge in [0.05, 0.1) is 0 Å². The van der Waals surface area contributed by atoms with Crippen LogP contribution in [-0.2, 0) is 11.8 Å². The SMILES string of the molecule is NCC1(CCO)CCc2ccccc21. The first-order valence-electron chi connectivity index (χ1n) is 5.22. The van der Waals surface area contributed by atoms with Crippen molar-refractivity contribution in [2.75, 3.05) is 13.2 Å². The molecule has 0 aromatic heterocycles. The van der Waals surface area contributed by atoms with Gasteiger partial charge < -0.3 is 10.8 Å². The molecule has 1 atom stereocenters. The van der Waals surface area contributed by atoms with Gasteiger partial charge in [0.25, 0.3) is 0 Å². The molecule has 0 heterocycles. The zero-order valence-electron chi connectivity index (χ0n) is 8.37. The second-order valence-corrected chi connectivity index (χ2v) is 4.12. The van der Waals surface area contributed by atoms with Crippen LogP contribution in [0.2, 0.25) is 0 Å². The van der Waals surface area contributed by atoms with Crippen LogP contribution < -0.4 is 5.73 Å². The van der Waals surface area contributed by atoms with Crippen molar-refractivity contribution in [3.8, 4) is 0 Å². The third-order valence-corrected chi connectivity index (χ3v) is 3.44. The summed E-state index contributed by atoms with van der Waals surface area (Å²) in [5, 5.41) is 9.09. The molecule has 14 heavy (non-hydrogen) atoms. The van der Waals surface area contributed by atoms with E-state index in [4.69, 9.17) is 10.8 Å². The Kier molecular flexibility index (Phi) is 2.57. The minimum absolute atomic E-state index is 0.0470. The molecule has 0 fully saturated rings. The molecule has 1 aliphatic carbocycles. The molecule has 0 bridgehead atoms. The zero-order valence-corrected chi connectivity index (χ0v) is 8.37. The highest BCUT2D eigenvalue weighted by Gasteiger charge is 2.36. The summed E-state index contributed by atoms with van der Waals surface area (Å²) in [5.41, 5.74) is 8.67. The lowest BCUT2D eigenvalue weighted by Gasteiger charge is -2.28. The van der Waals surface area contributed by atoms with Gasteiger partial charge in [0, 0.05) is 18.6 Å². The number of rotatable bonds is 3. The molecule has 1 aromatic carbocycles. The molecule has 0 radical (unpaired) electrons. The monoisotopic (exact) mass is 191 g/mol. The van der Waals surface area contributed by atoms with Gasteiger partial charge in [0.15, 0.2) is 0 Å². The van der Waals surface area contributed by atoms with Crippen LogP contribution >= 0.6 is 0 Å². The molecule has 0 amide bonds. The van der Waals surface area contributed by atoms with Crippen molar-refractivity contribution in [2.24, 2.45) is 5.73 Å². The first-order chi connectivity index (χ1) is 6.82. The highest BCUT2D eigenvalue weighted by atomic mass is 16.3. The number of hydrogen-bond donors (Lipinski definition) is 2. The van der Waals surface area contributed by atoms with Crippen LogP contribution in [-0.4, -0.2) is 18.3 Å². The van der Waals surface area contributed by atoms with Crippen molar-refractivity contribution >= 4 is 0 Å². The van der Waals surface area contributed by atoms with Crippen molar-refractivity contribution in [2.45, 2.75) is 24.7 Å². The average Bonchev–Trinajstić information content (AvgIpc) is 2.59. The molecule has 3 N–H and O–H groups in total. The first-order valence-corrected chi connectivity index (χ1v) is 5.22. The number of aliphatic hydroxyl groups excluding tert-OH is 1. The van der Waals surface area contributed by atoms with Crippen LogP contribution in [0.4, 0.5) is 0 Å². The minimum atomic E-state index is 0.0470. The van der Waals surface area contributed by atoms with Crippen LogP contribution in [0.1, 0.15) is 24.0 Å². The third kappa shape index (κ3) is 1.35. The zero-order chi connectivity index (χ0) is 10.0. The van der Waals surface area contributed by atoms with E-state index in [-0.39, 0.29) is 12.0 Å². The molecular formula is C12H17NO. The number of fused-ring (bicyclic) bond motifs is 1. The lowest BCUT2D eigenvalue weighted by molar-refractivity contribution is 0.238. The van der Waals surface area contributed by atoms with Crippen LogP contribution in [0.15, 0.2) is 24.3 Å². The van der Waals surface area contributed by atoms with Crippen LogP contribution in [0.5, 0.6) is 0 Å².